The predicted octanol–water partition coefficient (Wildman–Crippen LogP) is 3.59. The maximum absolute atomic E-state index is 13.1. The number of thioether (sulfide) groups is 1. The lowest BCUT2D eigenvalue weighted by Gasteiger charge is -2.16. The molecule has 5 rings (SSSR count). The summed E-state index contributed by atoms with van der Waals surface area (Å²) in [7, 11) is 0. The number of carbonyl (C=O) groups excluding carboxylic acids is 1. The minimum atomic E-state index is -0.125. The maximum Gasteiger partial charge on any atom is 0.262 e. The van der Waals surface area contributed by atoms with Gasteiger partial charge in [-0.25, -0.2) is 9.97 Å². The van der Waals surface area contributed by atoms with Crippen LogP contribution in [0.25, 0.3) is 21.1 Å². The van der Waals surface area contributed by atoms with Crippen molar-refractivity contribution in [3.05, 3.63) is 63.9 Å². The molecular formula is C23H22N4O3S2. The lowest BCUT2D eigenvalue weighted by Crippen LogP contribution is -2.30. The van der Waals surface area contributed by atoms with E-state index in [9.17, 15) is 9.59 Å². The van der Waals surface area contributed by atoms with Gasteiger partial charge in [0.25, 0.3) is 5.56 Å². The number of nitrogens with one attached hydrogen (secondary N) is 1. The molecule has 32 heavy (non-hydrogen) atoms. The van der Waals surface area contributed by atoms with E-state index in [1.54, 1.807) is 22.0 Å². The molecule has 0 saturated carbocycles. The number of hydrogen-bond donors (Lipinski definition) is 1. The summed E-state index contributed by atoms with van der Waals surface area (Å²) in [6.07, 6.45) is 1.92. The molecule has 1 amide bonds. The van der Waals surface area contributed by atoms with Crippen molar-refractivity contribution in [1.29, 1.82) is 0 Å². The van der Waals surface area contributed by atoms with E-state index in [2.05, 4.69) is 15.3 Å². The highest BCUT2D eigenvalue weighted by Crippen LogP contribution is 2.22. The van der Waals surface area contributed by atoms with Gasteiger partial charge in [-0.1, -0.05) is 36.0 Å². The molecule has 1 aliphatic heterocycles. The first-order valence-corrected chi connectivity index (χ1v) is 12.3. The van der Waals surface area contributed by atoms with Crippen molar-refractivity contribution in [2.75, 3.05) is 12.4 Å². The SMILES string of the molecule is O=C(CSc1nc2ccccc2c(=O)n1CC1CCCO1)NCc1nc2ccccc2s1. The Bertz CT molecular complexity index is 1290. The Kier molecular flexibility index (Phi) is 6.20. The van der Waals surface area contributed by atoms with Gasteiger partial charge >= 0.3 is 0 Å². The van der Waals surface area contributed by atoms with Crippen LogP contribution in [0.15, 0.2) is 58.5 Å². The van der Waals surface area contributed by atoms with Crippen LogP contribution in [0, 0.1) is 0 Å². The number of benzene rings is 2. The van der Waals surface area contributed by atoms with E-state index in [-0.39, 0.29) is 23.3 Å². The van der Waals surface area contributed by atoms with Crippen molar-refractivity contribution in [1.82, 2.24) is 19.9 Å². The second-order valence-corrected chi connectivity index (χ2v) is 9.66. The number of fused-ring (bicyclic) bond motifs is 2. The Morgan fingerprint density at radius 2 is 1.97 bits per heavy atom. The third-order valence-corrected chi connectivity index (χ3v) is 7.36. The molecule has 0 bridgehead atoms. The van der Waals surface area contributed by atoms with E-state index in [1.165, 1.54) is 11.8 Å². The summed E-state index contributed by atoms with van der Waals surface area (Å²) in [6, 6.07) is 15.2. The first kappa shape index (κ1) is 21.1. The Morgan fingerprint density at radius 3 is 2.78 bits per heavy atom. The average molecular weight is 467 g/mol. The molecule has 0 radical (unpaired) electrons. The standard InChI is InChI=1S/C23H22N4O3S2/c28-20(24-12-21-25-18-9-3-4-10-19(18)32-21)14-31-23-26-17-8-2-1-7-16(17)22(29)27(23)13-15-6-5-11-30-15/h1-4,7-10,15H,5-6,11-14H2,(H,24,28). The first-order valence-electron chi connectivity index (χ1n) is 10.5. The van der Waals surface area contributed by atoms with Crippen LogP contribution in [-0.4, -0.2) is 38.9 Å². The van der Waals surface area contributed by atoms with Crippen molar-refractivity contribution in [2.45, 2.75) is 37.2 Å². The molecule has 9 heteroatoms. The summed E-state index contributed by atoms with van der Waals surface area (Å²) in [5.74, 6) is 0.0432. The number of para-hydroxylation sites is 2. The summed E-state index contributed by atoms with van der Waals surface area (Å²) in [5, 5.41) is 4.91. The van der Waals surface area contributed by atoms with Gasteiger partial charge in [0.05, 0.1) is 46.1 Å². The van der Waals surface area contributed by atoms with Crippen molar-refractivity contribution < 1.29 is 9.53 Å². The Balaban J connectivity index is 1.30. The fourth-order valence-corrected chi connectivity index (χ4v) is 5.51. The summed E-state index contributed by atoms with van der Waals surface area (Å²) < 4.78 is 8.49. The number of nitrogens with zero attached hydrogens (tertiary/aromatic N) is 3. The number of amides is 1. The van der Waals surface area contributed by atoms with Crippen molar-refractivity contribution in [3.63, 3.8) is 0 Å². The second kappa shape index (κ2) is 9.40. The fourth-order valence-electron chi connectivity index (χ4n) is 3.76. The quantitative estimate of drug-likeness (QED) is 0.331. The van der Waals surface area contributed by atoms with Crippen LogP contribution < -0.4 is 10.9 Å². The van der Waals surface area contributed by atoms with Gasteiger partial charge in [0.2, 0.25) is 5.91 Å². The van der Waals surface area contributed by atoms with Crippen molar-refractivity contribution in [3.8, 4) is 0 Å². The second-order valence-electron chi connectivity index (χ2n) is 7.60. The number of carbonyl (C=O) groups is 1. The number of rotatable bonds is 7. The van der Waals surface area contributed by atoms with Crippen LogP contribution >= 0.6 is 23.1 Å². The van der Waals surface area contributed by atoms with Gasteiger partial charge in [-0.3, -0.25) is 14.2 Å². The third kappa shape index (κ3) is 4.55. The van der Waals surface area contributed by atoms with E-state index in [4.69, 9.17) is 4.74 Å². The molecule has 0 aliphatic carbocycles. The number of ether oxygens (including phenoxy) is 1. The zero-order valence-electron chi connectivity index (χ0n) is 17.3. The molecule has 1 saturated heterocycles. The molecule has 0 spiro atoms. The van der Waals surface area contributed by atoms with Gasteiger partial charge in [-0.2, -0.15) is 0 Å². The molecule has 3 heterocycles. The molecule has 1 unspecified atom stereocenters. The molecule has 1 atom stereocenters. The van der Waals surface area contributed by atoms with Crippen LogP contribution in [0.1, 0.15) is 17.8 Å². The smallest absolute Gasteiger partial charge is 0.262 e. The van der Waals surface area contributed by atoms with Crippen LogP contribution in [-0.2, 0) is 22.6 Å². The monoisotopic (exact) mass is 466 g/mol. The van der Waals surface area contributed by atoms with Gasteiger partial charge in [0.1, 0.15) is 5.01 Å². The van der Waals surface area contributed by atoms with Gasteiger partial charge < -0.3 is 10.1 Å². The van der Waals surface area contributed by atoms with E-state index < -0.39 is 0 Å². The molecule has 4 aromatic rings. The van der Waals surface area contributed by atoms with Gasteiger partial charge in [0, 0.05) is 6.61 Å². The molecule has 1 N–H and O–H groups in total. The Labute approximate surface area is 192 Å². The van der Waals surface area contributed by atoms with E-state index in [1.807, 2.05) is 42.5 Å². The predicted molar refractivity (Wildman–Crippen MR) is 127 cm³/mol. The molecular weight excluding hydrogens is 444 g/mol. The highest BCUT2D eigenvalue weighted by molar-refractivity contribution is 7.99. The highest BCUT2D eigenvalue weighted by Gasteiger charge is 2.20. The topological polar surface area (TPSA) is 86.1 Å². The Morgan fingerprint density at radius 1 is 1.16 bits per heavy atom. The summed E-state index contributed by atoms with van der Waals surface area (Å²) in [6.45, 7) is 1.55. The van der Waals surface area contributed by atoms with Gasteiger partial charge in [-0.05, 0) is 37.1 Å². The Hall–Kier alpha value is -2.75. The first-order chi connectivity index (χ1) is 15.7. The lowest BCUT2D eigenvalue weighted by molar-refractivity contribution is -0.118. The molecule has 7 nitrogen and oxygen atoms in total. The summed E-state index contributed by atoms with van der Waals surface area (Å²) in [4.78, 5) is 34.9. The molecule has 1 fully saturated rings. The lowest BCUT2D eigenvalue weighted by atomic mass is 10.2. The number of hydrogen-bond acceptors (Lipinski definition) is 7. The molecule has 2 aromatic carbocycles. The van der Waals surface area contributed by atoms with E-state index >= 15 is 0 Å². The minimum Gasteiger partial charge on any atom is -0.376 e. The summed E-state index contributed by atoms with van der Waals surface area (Å²) in [5.41, 5.74) is 1.48. The zero-order valence-corrected chi connectivity index (χ0v) is 19.0. The minimum absolute atomic E-state index is 0.00266. The maximum atomic E-state index is 13.1. The molecule has 1 aliphatic rings. The van der Waals surface area contributed by atoms with E-state index in [0.717, 1.165) is 34.7 Å². The van der Waals surface area contributed by atoms with Crippen LogP contribution in [0.4, 0.5) is 0 Å². The number of aromatic nitrogens is 3. The van der Waals surface area contributed by atoms with E-state index in [0.29, 0.717) is 29.1 Å². The largest absolute Gasteiger partial charge is 0.376 e. The highest BCUT2D eigenvalue weighted by atomic mass is 32.2. The normalized spacial score (nSPS) is 16.1. The van der Waals surface area contributed by atoms with Gasteiger partial charge in [0.15, 0.2) is 5.16 Å². The zero-order chi connectivity index (χ0) is 21.9. The summed E-state index contributed by atoms with van der Waals surface area (Å²) >= 11 is 2.85. The van der Waals surface area contributed by atoms with Crippen molar-refractivity contribution in [2.24, 2.45) is 0 Å². The molecule has 164 valence electrons. The van der Waals surface area contributed by atoms with Gasteiger partial charge in [-0.15, -0.1) is 11.3 Å². The van der Waals surface area contributed by atoms with Crippen molar-refractivity contribution >= 4 is 50.1 Å². The number of thiazole rings is 1. The fraction of sp³-hybridized carbons (Fsp3) is 0.304. The van der Waals surface area contributed by atoms with Crippen LogP contribution in [0.5, 0.6) is 0 Å². The third-order valence-electron chi connectivity index (χ3n) is 5.34. The molecule has 2 aromatic heterocycles. The van der Waals surface area contributed by atoms with Crippen LogP contribution in [0.3, 0.4) is 0 Å². The van der Waals surface area contributed by atoms with Crippen LogP contribution in [0.2, 0.25) is 0 Å². The average Bonchev–Trinajstić information content (AvgIpc) is 3.48.